The first-order chi connectivity index (χ1) is 12.0. The van der Waals surface area contributed by atoms with E-state index in [1.165, 1.54) is 0 Å². The SMILES string of the molecule is CCn1nc(C)c(NC(=O)N[C@@H]2CCC[C@@H]2Oc2cnn(C)c2)c1C. The van der Waals surface area contributed by atoms with Gasteiger partial charge in [0, 0.05) is 13.6 Å². The second-order valence-corrected chi connectivity index (χ2v) is 6.50. The minimum Gasteiger partial charge on any atom is -0.485 e. The number of amides is 2. The van der Waals surface area contributed by atoms with Crippen LogP contribution < -0.4 is 15.4 Å². The molecule has 2 heterocycles. The summed E-state index contributed by atoms with van der Waals surface area (Å²) in [5, 5.41) is 14.5. The van der Waals surface area contributed by atoms with Gasteiger partial charge in [-0.2, -0.15) is 10.2 Å². The summed E-state index contributed by atoms with van der Waals surface area (Å²) in [5.41, 5.74) is 2.57. The Morgan fingerprint density at radius 3 is 2.84 bits per heavy atom. The quantitative estimate of drug-likeness (QED) is 0.870. The Hall–Kier alpha value is -2.51. The van der Waals surface area contributed by atoms with E-state index in [1.807, 2.05) is 38.7 Å². The lowest BCUT2D eigenvalue weighted by molar-refractivity contribution is 0.175. The third-order valence-electron chi connectivity index (χ3n) is 4.66. The number of hydrogen-bond acceptors (Lipinski definition) is 4. The molecule has 0 unspecified atom stereocenters. The zero-order valence-electron chi connectivity index (χ0n) is 15.2. The molecule has 2 aromatic rings. The van der Waals surface area contributed by atoms with E-state index < -0.39 is 0 Å². The maximum Gasteiger partial charge on any atom is 0.319 e. The van der Waals surface area contributed by atoms with E-state index in [0.717, 1.165) is 48.6 Å². The second-order valence-electron chi connectivity index (χ2n) is 6.50. The fourth-order valence-corrected chi connectivity index (χ4v) is 3.37. The number of aryl methyl sites for hydroxylation is 3. The third kappa shape index (κ3) is 3.78. The van der Waals surface area contributed by atoms with Gasteiger partial charge >= 0.3 is 6.03 Å². The minimum absolute atomic E-state index is 0.0120. The number of carbonyl (C=O) groups excluding carboxylic acids is 1. The van der Waals surface area contributed by atoms with Crippen molar-refractivity contribution in [2.45, 2.75) is 58.7 Å². The molecule has 0 saturated heterocycles. The molecule has 1 aliphatic rings. The molecule has 2 N–H and O–H groups in total. The van der Waals surface area contributed by atoms with Crippen LogP contribution in [-0.4, -0.2) is 37.7 Å². The number of ether oxygens (including phenoxy) is 1. The zero-order chi connectivity index (χ0) is 18.0. The van der Waals surface area contributed by atoms with Gasteiger partial charge in [0.05, 0.1) is 35.5 Å². The summed E-state index contributed by atoms with van der Waals surface area (Å²) in [6.07, 6.45) is 6.36. The molecule has 8 nitrogen and oxygen atoms in total. The lowest BCUT2D eigenvalue weighted by Gasteiger charge is -2.21. The van der Waals surface area contributed by atoms with Crippen LogP contribution in [0.4, 0.5) is 10.5 Å². The number of nitrogens with one attached hydrogen (secondary N) is 2. The minimum atomic E-state index is -0.214. The van der Waals surface area contributed by atoms with Gasteiger partial charge in [0.2, 0.25) is 0 Å². The molecule has 136 valence electrons. The first-order valence-electron chi connectivity index (χ1n) is 8.74. The Morgan fingerprint density at radius 2 is 2.20 bits per heavy atom. The molecule has 3 rings (SSSR count). The van der Waals surface area contributed by atoms with Crippen molar-refractivity contribution in [1.29, 1.82) is 0 Å². The van der Waals surface area contributed by atoms with Crippen LogP contribution in [0.1, 0.15) is 37.6 Å². The van der Waals surface area contributed by atoms with Gasteiger partial charge in [-0.3, -0.25) is 9.36 Å². The summed E-state index contributed by atoms with van der Waals surface area (Å²) in [5.74, 6) is 0.734. The van der Waals surface area contributed by atoms with Crippen LogP contribution in [0.5, 0.6) is 5.75 Å². The van der Waals surface area contributed by atoms with Crippen molar-refractivity contribution < 1.29 is 9.53 Å². The first-order valence-corrected chi connectivity index (χ1v) is 8.74. The molecule has 2 atom stereocenters. The van der Waals surface area contributed by atoms with Crippen LogP contribution in [0.2, 0.25) is 0 Å². The Bertz CT molecular complexity index is 750. The van der Waals surface area contributed by atoms with E-state index in [4.69, 9.17) is 4.74 Å². The lowest BCUT2D eigenvalue weighted by Crippen LogP contribution is -2.44. The number of aromatic nitrogens is 4. The molecule has 0 aliphatic heterocycles. The molecule has 2 aromatic heterocycles. The van der Waals surface area contributed by atoms with Gasteiger partial charge < -0.3 is 15.4 Å². The Morgan fingerprint density at radius 1 is 1.40 bits per heavy atom. The fraction of sp³-hybridized carbons (Fsp3) is 0.588. The number of nitrogens with zero attached hydrogens (tertiary/aromatic N) is 4. The van der Waals surface area contributed by atoms with Gasteiger partial charge in [-0.05, 0) is 40.0 Å². The van der Waals surface area contributed by atoms with Gasteiger partial charge in [0.1, 0.15) is 6.10 Å². The summed E-state index contributed by atoms with van der Waals surface area (Å²) in [7, 11) is 1.85. The van der Waals surface area contributed by atoms with Crippen molar-refractivity contribution in [1.82, 2.24) is 24.9 Å². The van der Waals surface area contributed by atoms with Gasteiger partial charge in [-0.25, -0.2) is 4.79 Å². The highest BCUT2D eigenvalue weighted by molar-refractivity contribution is 5.90. The first kappa shape index (κ1) is 17.3. The van der Waals surface area contributed by atoms with Crippen molar-refractivity contribution in [2.75, 3.05) is 5.32 Å². The predicted octanol–water partition coefficient (Wildman–Crippen LogP) is 2.37. The molecule has 25 heavy (non-hydrogen) atoms. The molecule has 1 saturated carbocycles. The van der Waals surface area contributed by atoms with Crippen LogP contribution in [-0.2, 0) is 13.6 Å². The lowest BCUT2D eigenvalue weighted by atomic mass is 10.2. The number of urea groups is 1. The molecule has 8 heteroatoms. The Labute approximate surface area is 147 Å². The third-order valence-corrected chi connectivity index (χ3v) is 4.66. The molecule has 0 aromatic carbocycles. The number of carbonyl (C=O) groups is 1. The molecule has 0 radical (unpaired) electrons. The van der Waals surface area contributed by atoms with Crippen molar-refractivity contribution in [3.8, 4) is 5.75 Å². The fourth-order valence-electron chi connectivity index (χ4n) is 3.37. The summed E-state index contributed by atoms with van der Waals surface area (Å²) >= 11 is 0. The van der Waals surface area contributed by atoms with Crippen LogP contribution in [0.15, 0.2) is 12.4 Å². The summed E-state index contributed by atoms with van der Waals surface area (Å²) < 4.78 is 9.58. The summed E-state index contributed by atoms with van der Waals surface area (Å²) in [4.78, 5) is 12.4. The van der Waals surface area contributed by atoms with Gasteiger partial charge in [-0.15, -0.1) is 0 Å². The van der Waals surface area contributed by atoms with Crippen molar-refractivity contribution in [3.05, 3.63) is 23.8 Å². The molecule has 0 spiro atoms. The number of rotatable bonds is 5. The highest BCUT2D eigenvalue weighted by atomic mass is 16.5. The maximum atomic E-state index is 12.4. The molecule has 2 amide bonds. The van der Waals surface area contributed by atoms with Crippen LogP contribution in [0, 0.1) is 13.8 Å². The summed E-state index contributed by atoms with van der Waals surface area (Å²) in [6.45, 7) is 6.67. The Balaban J connectivity index is 1.61. The van der Waals surface area contributed by atoms with Crippen molar-refractivity contribution in [2.24, 2.45) is 7.05 Å². The molecule has 1 aliphatic carbocycles. The van der Waals surface area contributed by atoms with Crippen LogP contribution >= 0.6 is 0 Å². The van der Waals surface area contributed by atoms with Gasteiger partial charge in [-0.1, -0.05) is 0 Å². The maximum absolute atomic E-state index is 12.4. The highest BCUT2D eigenvalue weighted by Gasteiger charge is 2.31. The van der Waals surface area contributed by atoms with E-state index in [0.29, 0.717) is 0 Å². The smallest absolute Gasteiger partial charge is 0.319 e. The van der Waals surface area contributed by atoms with Crippen LogP contribution in [0.3, 0.4) is 0 Å². The summed E-state index contributed by atoms with van der Waals surface area (Å²) in [6, 6.07) is -0.226. The predicted molar refractivity (Wildman–Crippen MR) is 94.8 cm³/mol. The molecular formula is C17H26N6O2. The largest absolute Gasteiger partial charge is 0.485 e. The average Bonchev–Trinajstić information content (AvgIpc) is 3.24. The zero-order valence-corrected chi connectivity index (χ0v) is 15.2. The van der Waals surface area contributed by atoms with E-state index in [2.05, 4.69) is 20.8 Å². The van der Waals surface area contributed by atoms with Crippen molar-refractivity contribution >= 4 is 11.7 Å². The normalized spacial score (nSPS) is 19.8. The number of anilines is 1. The standard InChI is InChI=1S/C17H26N6O2/c1-5-23-12(3)16(11(2)21-23)20-17(24)19-14-7-6-8-15(14)25-13-9-18-22(4)10-13/h9-10,14-15H,5-8H2,1-4H3,(H2,19,20,24)/t14-,15+/m1/s1. The van der Waals surface area contributed by atoms with Gasteiger partial charge in [0.25, 0.3) is 0 Å². The monoisotopic (exact) mass is 346 g/mol. The van der Waals surface area contributed by atoms with E-state index in [1.54, 1.807) is 10.9 Å². The topological polar surface area (TPSA) is 86.0 Å². The highest BCUT2D eigenvalue weighted by Crippen LogP contribution is 2.25. The van der Waals surface area contributed by atoms with Crippen LogP contribution in [0.25, 0.3) is 0 Å². The number of hydrogen-bond donors (Lipinski definition) is 2. The van der Waals surface area contributed by atoms with E-state index >= 15 is 0 Å². The molecule has 0 bridgehead atoms. The van der Waals surface area contributed by atoms with Crippen molar-refractivity contribution in [3.63, 3.8) is 0 Å². The Kier molecular flexibility index (Phi) is 4.96. The second kappa shape index (κ2) is 7.16. The molecule has 1 fully saturated rings. The van der Waals surface area contributed by atoms with E-state index in [9.17, 15) is 4.79 Å². The van der Waals surface area contributed by atoms with E-state index in [-0.39, 0.29) is 18.2 Å². The molecular weight excluding hydrogens is 320 g/mol. The van der Waals surface area contributed by atoms with Gasteiger partial charge in [0.15, 0.2) is 5.75 Å². The average molecular weight is 346 g/mol.